The van der Waals surface area contributed by atoms with Gasteiger partial charge < -0.3 is 10.0 Å². The molecule has 1 unspecified atom stereocenters. The average molecular weight is 221 g/mol. The number of carboxylic acid groups (broad SMARTS) is 1. The molecule has 0 heterocycles. The molecule has 0 aliphatic heterocycles. The van der Waals surface area contributed by atoms with Crippen molar-refractivity contribution in [3.63, 3.8) is 0 Å². The van der Waals surface area contributed by atoms with Gasteiger partial charge in [-0.15, -0.1) is 0 Å². The van der Waals surface area contributed by atoms with E-state index < -0.39 is 11.5 Å². The third-order valence-electron chi connectivity index (χ3n) is 3.31. The predicted molar refractivity (Wildman–Crippen MR) is 65.9 cm³/mol. The summed E-state index contributed by atoms with van der Waals surface area (Å²) in [6.45, 7) is 5.65. The molecule has 0 radical (unpaired) electrons. The molecular weight excluding hydrogens is 202 g/mol. The van der Waals surface area contributed by atoms with E-state index in [9.17, 15) is 9.90 Å². The second-order valence-corrected chi connectivity index (χ2v) is 4.33. The number of rotatable bonds is 4. The van der Waals surface area contributed by atoms with Gasteiger partial charge in [-0.2, -0.15) is 0 Å². The highest BCUT2D eigenvalue weighted by Crippen LogP contribution is 2.25. The molecule has 3 nitrogen and oxygen atoms in total. The molecule has 0 saturated heterocycles. The molecule has 88 valence electrons. The van der Waals surface area contributed by atoms with Crippen molar-refractivity contribution in [3.05, 3.63) is 29.8 Å². The van der Waals surface area contributed by atoms with Gasteiger partial charge in [0.25, 0.3) is 0 Å². The van der Waals surface area contributed by atoms with Crippen molar-refractivity contribution in [3.8, 4) is 0 Å². The van der Waals surface area contributed by atoms with Gasteiger partial charge in [0.05, 0.1) is 0 Å². The van der Waals surface area contributed by atoms with Crippen molar-refractivity contribution in [1.29, 1.82) is 0 Å². The van der Waals surface area contributed by atoms with Crippen LogP contribution in [0.4, 0.5) is 5.69 Å². The number of aliphatic carboxylic acids is 1. The van der Waals surface area contributed by atoms with Crippen LogP contribution < -0.4 is 4.90 Å². The smallest absolute Gasteiger partial charge is 0.329 e. The van der Waals surface area contributed by atoms with Gasteiger partial charge in [0.2, 0.25) is 0 Å². The van der Waals surface area contributed by atoms with E-state index in [2.05, 4.69) is 0 Å². The zero-order chi connectivity index (χ0) is 12.3. The Kier molecular flexibility index (Phi) is 3.58. The van der Waals surface area contributed by atoms with E-state index in [1.54, 1.807) is 6.92 Å². The van der Waals surface area contributed by atoms with Crippen LogP contribution in [-0.4, -0.2) is 23.7 Å². The molecule has 1 N–H and O–H groups in total. The molecule has 1 rings (SSSR count). The number of carboxylic acids is 1. The Labute approximate surface area is 96.7 Å². The van der Waals surface area contributed by atoms with E-state index in [4.69, 9.17) is 0 Å². The summed E-state index contributed by atoms with van der Waals surface area (Å²) in [6, 6.07) is 7.88. The van der Waals surface area contributed by atoms with Crippen molar-refractivity contribution in [2.24, 2.45) is 0 Å². The molecule has 3 heteroatoms. The number of carbonyl (C=O) groups is 1. The number of hydrogen-bond acceptors (Lipinski definition) is 2. The molecule has 16 heavy (non-hydrogen) atoms. The van der Waals surface area contributed by atoms with Crippen LogP contribution in [0.25, 0.3) is 0 Å². The molecule has 0 aromatic heterocycles. The van der Waals surface area contributed by atoms with Crippen molar-refractivity contribution < 1.29 is 9.90 Å². The zero-order valence-electron chi connectivity index (χ0n) is 10.3. The summed E-state index contributed by atoms with van der Waals surface area (Å²) in [6.07, 6.45) is 0.562. The van der Waals surface area contributed by atoms with Gasteiger partial charge in [-0.1, -0.05) is 24.6 Å². The Bertz CT molecular complexity index is 372. The van der Waals surface area contributed by atoms with Gasteiger partial charge in [0.15, 0.2) is 0 Å². The Morgan fingerprint density at radius 3 is 2.25 bits per heavy atom. The molecular formula is C13H19NO2. The van der Waals surface area contributed by atoms with Gasteiger partial charge in [0, 0.05) is 12.7 Å². The molecule has 1 aromatic carbocycles. The number of benzene rings is 1. The third-order valence-corrected chi connectivity index (χ3v) is 3.31. The summed E-state index contributed by atoms with van der Waals surface area (Å²) in [5.41, 5.74) is 1.25. The Morgan fingerprint density at radius 2 is 1.88 bits per heavy atom. The minimum Gasteiger partial charge on any atom is -0.480 e. The van der Waals surface area contributed by atoms with E-state index >= 15 is 0 Å². The second kappa shape index (κ2) is 4.56. The largest absolute Gasteiger partial charge is 0.480 e. The molecule has 0 fully saturated rings. The first kappa shape index (κ1) is 12.6. The third kappa shape index (κ3) is 2.18. The van der Waals surface area contributed by atoms with E-state index in [0.29, 0.717) is 6.42 Å². The summed E-state index contributed by atoms with van der Waals surface area (Å²) >= 11 is 0. The van der Waals surface area contributed by atoms with Crippen molar-refractivity contribution in [1.82, 2.24) is 0 Å². The lowest BCUT2D eigenvalue weighted by Gasteiger charge is -2.36. The number of nitrogens with zero attached hydrogens (tertiary/aromatic N) is 1. The number of anilines is 1. The summed E-state index contributed by atoms with van der Waals surface area (Å²) < 4.78 is 0. The lowest BCUT2D eigenvalue weighted by molar-refractivity contribution is -0.142. The SMILES string of the molecule is CCC(C)(C(=O)O)N(C)c1ccc(C)cc1. The number of likely N-dealkylation sites (N-methyl/N-ethyl adjacent to an activating group) is 1. The number of aryl methyl sites for hydroxylation is 1. The highest BCUT2D eigenvalue weighted by Gasteiger charge is 2.35. The van der Waals surface area contributed by atoms with Crippen LogP contribution in [-0.2, 0) is 4.79 Å². The fraction of sp³-hybridized carbons (Fsp3) is 0.462. The zero-order valence-corrected chi connectivity index (χ0v) is 10.3. The molecule has 1 aromatic rings. The topological polar surface area (TPSA) is 40.5 Å². The quantitative estimate of drug-likeness (QED) is 0.849. The molecule has 0 spiro atoms. The maximum Gasteiger partial charge on any atom is 0.329 e. The van der Waals surface area contributed by atoms with Crippen LogP contribution in [0.3, 0.4) is 0 Å². The van der Waals surface area contributed by atoms with Crippen LogP contribution >= 0.6 is 0 Å². The lowest BCUT2D eigenvalue weighted by atomic mass is 9.96. The monoisotopic (exact) mass is 221 g/mol. The highest BCUT2D eigenvalue weighted by atomic mass is 16.4. The first-order valence-electron chi connectivity index (χ1n) is 5.45. The van der Waals surface area contributed by atoms with Crippen molar-refractivity contribution in [2.75, 3.05) is 11.9 Å². The maximum atomic E-state index is 11.3. The Hall–Kier alpha value is -1.51. The molecule has 0 saturated carbocycles. The Morgan fingerprint density at radius 1 is 1.38 bits per heavy atom. The summed E-state index contributed by atoms with van der Waals surface area (Å²) in [7, 11) is 1.82. The van der Waals surface area contributed by atoms with Crippen molar-refractivity contribution in [2.45, 2.75) is 32.7 Å². The van der Waals surface area contributed by atoms with E-state index in [0.717, 1.165) is 5.69 Å². The average Bonchev–Trinajstić information content (AvgIpc) is 2.27. The predicted octanol–water partition coefficient (Wildman–Crippen LogP) is 2.68. The van der Waals surface area contributed by atoms with Gasteiger partial charge in [0.1, 0.15) is 5.54 Å². The molecule has 0 aliphatic carbocycles. The van der Waals surface area contributed by atoms with Crippen LogP contribution in [0.5, 0.6) is 0 Å². The second-order valence-electron chi connectivity index (χ2n) is 4.33. The van der Waals surface area contributed by atoms with Gasteiger partial charge >= 0.3 is 5.97 Å². The summed E-state index contributed by atoms with van der Waals surface area (Å²) in [5, 5.41) is 9.28. The molecule has 0 aliphatic rings. The van der Waals surface area contributed by atoms with E-state index in [-0.39, 0.29) is 0 Å². The molecule has 0 amide bonds. The van der Waals surface area contributed by atoms with Crippen LogP contribution in [0.1, 0.15) is 25.8 Å². The van der Waals surface area contributed by atoms with Crippen LogP contribution in [0.15, 0.2) is 24.3 Å². The van der Waals surface area contributed by atoms with Crippen molar-refractivity contribution >= 4 is 11.7 Å². The fourth-order valence-corrected chi connectivity index (χ4v) is 1.59. The molecule has 0 bridgehead atoms. The minimum atomic E-state index is -0.852. The van der Waals surface area contributed by atoms with Gasteiger partial charge in [-0.3, -0.25) is 0 Å². The lowest BCUT2D eigenvalue weighted by Crippen LogP contribution is -2.50. The fourth-order valence-electron chi connectivity index (χ4n) is 1.59. The van der Waals surface area contributed by atoms with E-state index in [1.165, 1.54) is 5.56 Å². The maximum absolute atomic E-state index is 11.3. The molecule has 1 atom stereocenters. The summed E-state index contributed by atoms with van der Waals surface area (Å²) in [5.74, 6) is -0.793. The standard InChI is InChI=1S/C13H19NO2/c1-5-13(3,12(15)16)14(4)11-8-6-10(2)7-9-11/h6-9H,5H2,1-4H3,(H,15,16). The van der Waals surface area contributed by atoms with E-state index in [1.807, 2.05) is 50.1 Å². The highest BCUT2D eigenvalue weighted by molar-refractivity contribution is 5.82. The Balaban J connectivity index is 3.04. The van der Waals surface area contributed by atoms with Crippen LogP contribution in [0, 0.1) is 6.92 Å². The first-order valence-corrected chi connectivity index (χ1v) is 5.45. The summed E-state index contributed by atoms with van der Waals surface area (Å²) in [4.78, 5) is 13.1. The van der Waals surface area contributed by atoms with Gasteiger partial charge in [-0.05, 0) is 32.4 Å². The first-order chi connectivity index (χ1) is 7.41. The minimum absolute atomic E-state index is 0.562. The normalized spacial score (nSPS) is 14.2. The van der Waals surface area contributed by atoms with Crippen LogP contribution in [0.2, 0.25) is 0 Å². The van der Waals surface area contributed by atoms with Gasteiger partial charge in [-0.25, -0.2) is 4.79 Å². The number of hydrogen-bond donors (Lipinski definition) is 1.